The first kappa shape index (κ1) is 23.1. The van der Waals surface area contributed by atoms with E-state index in [0.29, 0.717) is 22.7 Å². The van der Waals surface area contributed by atoms with E-state index in [-0.39, 0.29) is 11.6 Å². The Bertz CT molecular complexity index is 1120. The van der Waals surface area contributed by atoms with E-state index in [2.05, 4.69) is 24.5 Å². The van der Waals surface area contributed by atoms with Gasteiger partial charge in [0.2, 0.25) is 0 Å². The second-order valence-electron chi connectivity index (χ2n) is 7.29. The number of anilines is 1. The quantitative estimate of drug-likeness (QED) is 0.457. The highest BCUT2D eigenvalue weighted by molar-refractivity contribution is 7.10. The summed E-state index contributed by atoms with van der Waals surface area (Å²) < 4.78 is 10.5. The van der Waals surface area contributed by atoms with Gasteiger partial charge in [-0.05, 0) is 53.3 Å². The fourth-order valence-electron chi connectivity index (χ4n) is 3.15. The molecule has 0 spiro atoms. The Morgan fingerprint density at radius 2 is 1.72 bits per heavy atom. The van der Waals surface area contributed by atoms with E-state index >= 15 is 0 Å². The maximum Gasteiger partial charge on any atom is 0.272 e. The summed E-state index contributed by atoms with van der Waals surface area (Å²) in [4.78, 5) is 27.0. The van der Waals surface area contributed by atoms with Crippen LogP contribution in [-0.4, -0.2) is 26.0 Å². The van der Waals surface area contributed by atoms with Crippen LogP contribution in [0.2, 0.25) is 0 Å². The van der Waals surface area contributed by atoms with Crippen LogP contribution in [0.3, 0.4) is 0 Å². The van der Waals surface area contributed by atoms with E-state index in [1.807, 2.05) is 41.8 Å². The molecule has 0 fully saturated rings. The molecule has 166 valence electrons. The molecule has 7 heteroatoms. The zero-order valence-corrected chi connectivity index (χ0v) is 19.3. The van der Waals surface area contributed by atoms with Gasteiger partial charge < -0.3 is 20.1 Å². The third-order valence-electron chi connectivity index (χ3n) is 4.80. The number of thiophene rings is 1. The van der Waals surface area contributed by atoms with Gasteiger partial charge in [0, 0.05) is 16.1 Å². The Morgan fingerprint density at radius 1 is 0.969 bits per heavy atom. The molecule has 6 nitrogen and oxygen atoms in total. The molecule has 1 aromatic heterocycles. The fraction of sp³-hybridized carbons (Fsp3) is 0.200. The van der Waals surface area contributed by atoms with Crippen LogP contribution in [0.25, 0.3) is 6.08 Å². The molecule has 3 rings (SSSR count). The molecule has 0 bridgehead atoms. The Hall–Kier alpha value is -3.58. The first-order chi connectivity index (χ1) is 15.4. The Balaban J connectivity index is 1.89. The van der Waals surface area contributed by atoms with Crippen LogP contribution in [-0.2, 0) is 4.79 Å². The lowest BCUT2D eigenvalue weighted by atomic mass is 10.0. The van der Waals surface area contributed by atoms with E-state index in [0.717, 1.165) is 10.4 Å². The van der Waals surface area contributed by atoms with Crippen LogP contribution < -0.4 is 20.1 Å². The predicted octanol–water partition coefficient (Wildman–Crippen LogP) is 5.30. The normalized spacial score (nSPS) is 11.2. The molecule has 2 aromatic carbocycles. The molecule has 0 aliphatic rings. The number of amides is 2. The Labute approximate surface area is 191 Å². The average Bonchev–Trinajstić information content (AvgIpc) is 3.31. The van der Waals surface area contributed by atoms with E-state index in [1.54, 1.807) is 24.3 Å². The predicted molar refractivity (Wildman–Crippen MR) is 128 cm³/mol. The minimum atomic E-state index is -0.430. The molecule has 0 aliphatic carbocycles. The van der Waals surface area contributed by atoms with Gasteiger partial charge in [-0.15, -0.1) is 11.3 Å². The van der Waals surface area contributed by atoms with Crippen molar-refractivity contribution in [3.05, 3.63) is 81.7 Å². The largest absolute Gasteiger partial charge is 0.493 e. The van der Waals surface area contributed by atoms with Crippen molar-refractivity contribution in [3.8, 4) is 11.5 Å². The highest BCUT2D eigenvalue weighted by atomic mass is 32.1. The summed E-state index contributed by atoms with van der Waals surface area (Å²) in [5.74, 6) is 0.347. The number of para-hydroxylation sites is 1. The number of methoxy groups -OCH3 is 2. The molecule has 0 unspecified atom stereocenters. The highest BCUT2D eigenvalue weighted by Crippen LogP contribution is 2.28. The maximum absolute atomic E-state index is 13.2. The van der Waals surface area contributed by atoms with Gasteiger partial charge in [-0.3, -0.25) is 9.59 Å². The number of ether oxygens (including phenoxy) is 2. The summed E-state index contributed by atoms with van der Waals surface area (Å²) in [5, 5.41) is 7.60. The van der Waals surface area contributed by atoms with Gasteiger partial charge in [-0.2, -0.15) is 0 Å². The van der Waals surface area contributed by atoms with Gasteiger partial charge in [-0.1, -0.05) is 38.1 Å². The van der Waals surface area contributed by atoms with Crippen LogP contribution in [0, 0.1) is 0 Å². The summed E-state index contributed by atoms with van der Waals surface area (Å²) in [7, 11) is 3.03. The van der Waals surface area contributed by atoms with E-state index in [9.17, 15) is 9.59 Å². The number of hydrogen-bond acceptors (Lipinski definition) is 5. The monoisotopic (exact) mass is 450 g/mol. The second kappa shape index (κ2) is 10.6. The molecule has 2 N–H and O–H groups in total. The van der Waals surface area contributed by atoms with Gasteiger partial charge in [-0.25, -0.2) is 0 Å². The van der Waals surface area contributed by atoms with Gasteiger partial charge >= 0.3 is 0 Å². The van der Waals surface area contributed by atoms with Gasteiger partial charge in [0.15, 0.2) is 11.5 Å². The van der Waals surface area contributed by atoms with Crippen LogP contribution in [0.5, 0.6) is 11.5 Å². The molecule has 0 radical (unpaired) electrons. The van der Waals surface area contributed by atoms with E-state index in [4.69, 9.17) is 9.47 Å². The fourth-order valence-corrected chi connectivity index (χ4v) is 3.81. The summed E-state index contributed by atoms with van der Waals surface area (Å²) in [5.41, 5.74) is 2.22. The van der Waals surface area contributed by atoms with Gasteiger partial charge in [0.05, 0.1) is 14.2 Å². The summed E-state index contributed by atoms with van der Waals surface area (Å²) in [6.45, 7) is 4.12. The smallest absolute Gasteiger partial charge is 0.272 e. The average molecular weight is 451 g/mol. The standard InChI is InChI=1S/C25H26N2O4S/c1-16(2)19-9-5-6-10-20(19)26-25(29)21(15-18-8-7-13-32-18)27-24(28)17-11-12-22(30-3)23(14-17)31-4/h5-16H,1-4H3,(H,26,29)(H,27,28)/b21-15-. The summed E-state index contributed by atoms with van der Waals surface area (Å²) in [6.07, 6.45) is 1.66. The molecular weight excluding hydrogens is 424 g/mol. The molecule has 1 heterocycles. The van der Waals surface area contributed by atoms with Crippen LogP contribution in [0.15, 0.2) is 65.7 Å². The maximum atomic E-state index is 13.2. The first-order valence-corrected chi connectivity index (χ1v) is 11.0. The van der Waals surface area contributed by atoms with Crippen molar-refractivity contribution in [2.24, 2.45) is 0 Å². The molecule has 2 amide bonds. The molecule has 0 saturated carbocycles. The van der Waals surface area contributed by atoms with Crippen LogP contribution in [0.1, 0.15) is 40.6 Å². The topological polar surface area (TPSA) is 76.7 Å². The first-order valence-electron chi connectivity index (χ1n) is 10.1. The molecule has 32 heavy (non-hydrogen) atoms. The van der Waals surface area contributed by atoms with Crippen molar-refractivity contribution in [3.63, 3.8) is 0 Å². The number of carbonyl (C=O) groups excluding carboxylic acids is 2. The van der Waals surface area contributed by atoms with Crippen LogP contribution >= 0.6 is 11.3 Å². The highest BCUT2D eigenvalue weighted by Gasteiger charge is 2.18. The summed E-state index contributed by atoms with van der Waals surface area (Å²) >= 11 is 1.47. The van der Waals surface area contributed by atoms with Crippen molar-refractivity contribution in [1.82, 2.24) is 5.32 Å². The van der Waals surface area contributed by atoms with Crippen molar-refractivity contribution in [1.29, 1.82) is 0 Å². The molecule has 0 atom stereocenters. The lowest BCUT2D eigenvalue weighted by Crippen LogP contribution is -2.31. The zero-order valence-electron chi connectivity index (χ0n) is 18.5. The van der Waals surface area contributed by atoms with Gasteiger partial charge in [0.1, 0.15) is 5.70 Å². The van der Waals surface area contributed by atoms with Crippen molar-refractivity contribution >= 4 is 34.9 Å². The summed E-state index contributed by atoms with van der Waals surface area (Å²) in [6, 6.07) is 16.2. The number of benzene rings is 2. The molecule has 0 saturated heterocycles. The Morgan fingerprint density at radius 3 is 2.38 bits per heavy atom. The SMILES string of the molecule is COc1ccc(C(=O)N/C(=C\c2cccs2)C(=O)Nc2ccccc2C(C)C)cc1OC. The molecule has 3 aromatic rings. The number of nitrogens with one attached hydrogen (secondary N) is 2. The van der Waals surface area contributed by atoms with E-state index < -0.39 is 11.8 Å². The zero-order chi connectivity index (χ0) is 23.1. The minimum Gasteiger partial charge on any atom is -0.493 e. The minimum absolute atomic E-state index is 0.144. The number of carbonyl (C=O) groups is 2. The van der Waals surface area contributed by atoms with Crippen molar-refractivity contribution < 1.29 is 19.1 Å². The second-order valence-corrected chi connectivity index (χ2v) is 8.27. The van der Waals surface area contributed by atoms with Crippen molar-refractivity contribution in [2.75, 3.05) is 19.5 Å². The molecule has 0 aliphatic heterocycles. The van der Waals surface area contributed by atoms with E-state index in [1.165, 1.54) is 25.6 Å². The van der Waals surface area contributed by atoms with Crippen molar-refractivity contribution in [2.45, 2.75) is 19.8 Å². The lowest BCUT2D eigenvalue weighted by molar-refractivity contribution is -0.113. The number of rotatable bonds is 8. The van der Waals surface area contributed by atoms with Gasteiger partial charge in [0.25, 0.3) is 11.8 Å². The Kier molecular flexibility index (Phi) is 7.68. The lowest BCUT2D eigenvalue weighted by Gasteiger charge is -2.16. The van der Waals surface area contributed by atoms with Crippen LogP contribution in [0.4, 0.5) is 5.69 Å². The molecular formula is C25H26N2O4S. The number of hydrogen-bond donors (Lipinski definition) is 2. The third kappa shape index (κ3) is 5.56. The third-order valence-corrected chi connectivity index (χ3v) is 5.62.